The van der Waals surface area contributed by atoms with Gasteiger partial charge in [0.05, 0.1) is 17.9 Å². The molecular weight excluding hydrogens is 240 g/mol. The van der Waals surface area contributed by atoms with E-state index < -0.39 is 0 Å². The summed E-state index contributed by atoms with van der Waals surface area (Å²) in [5.41, 5.74) is 8.87. The topological polar surface area (TPSA) is 66.0 Å². The summed E-state index contributed by atoms with van der Waals surface area (Å²) in [6.07, 6.45) is 4.61. The van der Waals surface area contributed by atoms with Gasteiger partial charge in [0, 0.05) is 11.8 Å². The zero-order chi connectivity index (χ0) is 13.1. The van der Waals surface area contributed by atoms with Crippen molar-refractivity contribution in [3.05, 3.63) is 35.7 Å². The van der Waals surface area contributed by atoms with E-state index in [1.165, 1.54) is 18.5 Å². The molecule has 100 valence electrons. The normalized spacial score (nSPS) is 14.1. The van der Waals surface area contributed by atoms with Crippen LogP contribution in [0.3, 0.4) is 0 Å². The number of hydrogen-bond donors (Lipinski definition) is 1. The largest absolute Gasteiger partial charge is 0.492 e. The highest BCUT2D eigenvalue weighted by Crippen LogP contribution is 2.19. The maximum absolute atomic E-state index is 5.71. The molecule has 0 aliphatic heterocycles. The van der Waals surface area contributed by atoms with E-state index in [1.54, 1.807) is 0 Å². The summed E-state index contributed by atoms with van der Waals surface area (Å²) < 4.78 is 7.66. The fourth-order valence-corrected chi connectivity index (χ4v) is 2.46. The monoisotopic (exact) mass is 258 g/mol. The highest BCUT2D eigenvalue weighted by Gasteiger charge is 2.16. The van der Waals surface area contributed by atoms with E-state index in [0.717, 1.165) is 36.5 Å². The predicted octanol–water partition coefficient (Wildman–Crippen LogP) is 1.82. The minimum atomic E-state index is 0.583. The molecule has 0 radical (unpaired) electrons. The number of fused-ring (bicyclic) bond motifs is 1. The average molecular weight is 258 g/mol. The van der Waals surface area contributed by atoms with Crippen molar-refractivity contribution in [3.8, 4) is 5.75 Å². The first-order chi connectivity index (χ1) is 9.33. The van der Waals surface area contributed by atoms with Gasteiger partial charge in [0.2, 0.25) is 0 Å². The molecule has 0 unspecified atom stereocenters. The Hall–Kier alpha value is -2.04. The molecule has 0 saturated carbocycles. The van der Waals surface area contributed by atoms with Crippen molar-refractivity contribution in [2.75, 3.05) is 12.3 Å². The van der Waals surface area contributed by atoms with Gasteiger partial charge in [-0.05, 0) is 37.8 Å². The second-order valence-electron chi connectivity index (χ2n) is 4.83. The molecule has 19 heavy (non-hydrogen) atoms. The number of aryl methyl sites for hydroxylation is 1. The number of benzene rings is 1. The predicted molar refractivity (Wildman–Crippen MR) is 73.0 cm³/mol. The van der Waals surface area contributed by atoms with Crippen LogP contribution in [0, 0.1) is 0 Å². The molecule has 0 saturated heterocycles. The molecule has 0 fully saturated rings. The lowest BCUT2D eigenvalue weighted by molar-refractivity contribution is 0.287. The van der Waals surface area contributed by atoms with E-state index in [4.69, 9.17) is 10.5 Å². The minimum Gasteiger partial charge on any atom is -0.492 e. The van der Waals surface area contributed by atoms with E-state index in [0.29, 0.717) is 6.61 Å². The highest BCUT2D eigenvalue weighted by molar-refractivity contribution is 5.43. The maximum atomic E-state index is 5.71. The van der Waals surface area contributed by atoms with E-state index >= 15 is 0 Å². The van der Waals surface area contributed by atoms with Crippen LogP contribution in [0.2, 0.25) is 0 Å². The molecule has 1 aromatic carbocycles. The molecule has 2 aromatic rings. The molecule has 0 amide bonds. The third kappa shape index (κ3) is 2.70. The first kappa shape index (κ1) is 12.0. The van der Waals surface area contributed by atoms with Crippen molar-refractivity contribution < 1.29 is 4.74 Å². The molecule has 0 atom stereocenters. The fraction of sp³-hybridized carbons (Fsp3) is 0.429. The lowest BCUT2D eigenvalue weighted by atomic mass is 10.0. The summed E-state index contributed by atoms with van der Waals surface area (Å²) in [6.45, 7) is 1.32. The average Bonchev–Trinajstić information content (AvgIpc) is 2.83. The van der Waals surface area contributed by atoms with Crippen LogP contribution in [-0.2, 0) is 19.4 Å². The van der Waals surface area contributed by atoms with Gasteiger partial charge < -0.3 is 10.5 Å². The summed E-state index contributed by atoms with van der Waals surface area (Å²) in [5, 5.41) is 8.44. The van der Waals surface area contributed by atoms with Crippen LogP contribution in [0.15, 0.2) is 24.3 Å². The number of ether oxygens (including phenoxy) is 1. The van der Waals surface area contributed by atoms with Crippen molar-refractivity contribution in [1.29, 1.82) is 0 Å². The zero-order valence-electron chi connectivity index (χ0n) is 10.9. The summed E-state index contributed by atoms with van der Waals surface area (Å²) >= 11 is 0. The summed E-state index contributed by atoms with van der Waals surface area (Å²) in [7, 11) is 0. The number of rotatable bonds is 4. The molecule has 5 nitrogen and oxygen atoms in total. The molecule has 3 rings (SSSR count). The second kappa shape index (κ2) is 5.30. The lowest BCUT2D eigenvalue weighted by Crippen LogP contribution is -2.14. The fourth-order valence-electron chi connectivity index (χ4n) is 2.46. The van der Waals surface area contributed by atoms with Gasteiger partial charge in [0.1, 0.15) is 12.4 Å². The van der Waals surface area contributed by atoms with Crippen molar-refractivity contribution >= 4 is 5.69 Å². The number of nitrogens with zero attached hydrogens (tertiary/aromatic N) is 3. The molecule has 1 heterocycles. The van der Waals surface area contributed by atoms with Crippen LogP contribution in [0.25, 0.3) is 0 Å². The van der Waals surface area contributed by atoms with Gasteiger partial charge in [-0.15, -0.1) is 5.10 Å². The van der Waals surface area contributed by atoms with Gasteiger partial charge in [-0.2, -0.15) is 0 Å². The highest BCUT2D eigenvalue weighted by atomic mass is 16.5. The van der Waals surface area contributed by atoms with Gasteiger partial charge in [-0.1, -0.05) is 11.3 Å². The Balaban J connectivity index is 1.59. The Bertz CT molecular complexity index is 564. The van der Waals surface area contributed by atoms with E-state index in [9.17, 15) is 0 Å². The van der Waals surface area contributed by atoms with Crippen LogP contribution in [0.4, 0.5) is 5.69 Å². The standard InChI is InChI=1S/C14H18N4O/c15-11-4-3-5-12(10-11)19-9-8-18-14-7-2-1-6-13(14)16-17-18/h3-5,10H,1-2,6-9,15H2. The van der Waals surface area contributed by atoms with Crippen LogP contribution in [0.1, 0.15) is 24.2 Å². The molecule has 0 spiro atoms. The van der Waals surface area contributed by atoms with Gasteiger partial charge in [0.15, 0.2) is 0 Å². The van der Waals surface area contributed by atoms with Crippen molar-refractivity contribution in [2.24, 2.45) is 0 Å². The Morgan fingerprint density at radius 1 is 1.26 bits per heavy atom. The third-order valence-electron chi connectivity index (χ3n) is 3.43. The van der Waals surface area contributed by atoms with Crippen LogP contribution in [-0.4, -0.2) is 21.6 Å². The number of aromatic nitrogens is 3. The molecule has 2 N–H and O–H groups in total. The SMILES string of the molecule is Nc1cccc(OCCn2nnc3c2CCCC3)c1. The summed E-state index contributed by atoms with van der Waals surface area (Å²) in [6, 6.07) is 7.48. The molecular formula is C14H18N4O. The molecule has 1 aromatic heterocycles. The van der Waals surface area contributed by atoms with Gasteiger partial charge in [0.25, 0.3) is 0 Å². The van der Waals surface area contributed by atoms with E-state index in [1.807, 2.05) is 28.9 Å². The smallest absolute Gasteiger partial charge is 0.121 e. The van der Waals surface area contributed by atoms with Crippen LogP contribution >= 0.6 is 0 Å². The van der Waals surface area contributed by atoms with Gasteiger partial charge >= 0.3 is 0 Å². The third-order valence-corrected chi connectivity index (χ3v) is 3.43. The number of nitrogens with two attached hydrogens (primary N) is 1. The number of hydrogen-bond acceptors (Lipinski definition) is 4. The zero-order valence-corrected chi connectivity index (χ0v) is 10.9. The van der Waals surface area contributed by atoms with Gasteiger partial charge in [-0.3, -0.25) is 0 Å². The Labute approximate surface area is 112 Å². The first-order valence-corrected chi connectivity index (χ1v) is 6.72. The van der Waals surface area contributed by atoms with E-state index in [2.05, 4.69) is 10.3 Å². The number of nitrogen functional groups attached to an aromatic ring is 1. The van der Waals surface area contributed by atoms with Crippen LogP contribution < -0.4 is 10.5 Å². The molecule has 5 heteroatoms. The second-order valence-corrected chi connectivity index (χ2v) is 4.83. The Morgan fingerprint density at radius 2 is 2.16 bits per heavy atom. The van der Waals surface area contributed by atoms with E-state index in [-0.39, 0.29) is 0 Å². The van der Waals surface area contributed by atoms with Crippen molar-refractivity contribution in [2.45, 2.75) is 32.2 Å². The minimum absolute atomic E-state index is 0.583. The maximum Gasteiger partial charge on any atom is 0.121 e. The van der Waals surface area contributed by atoms with Crippen molar-refractivity contribution in [1.82, 2.24) is 15.0 Å². The number of anilines is 1. The van der Waals surface area contributed by atoms with Gasteiger partial charge in [-0.25, -0.2) is 4.68 Å². The lowest BCUT2D eigenvalue weighted by Gasteiger charge is -2.12. The molecule has 0 bridgehead atoms. The quantitative estimate of drug-likeness (QED) is 0.849. The first-order valence-electron chi connectivity index (χ1n) is 6.72. The Kier molecular flexibility index (Phi) is 3.35. The van der Waals surface area contributed by atoms with Crippen LogP contribution in [0.5, 0.6) is 5.75 Å². The van der Waals surface area contributed by atoms with Crippen molar-refractivity contribution in [3.63, 3.8) is 0 Å². The molecule has 1 aliphatic carbocycles. The summed E-state index contributed by atoms with van der Waals surface area (Å²) in [4.78, 5) is 0. The Morgan fingerprint density at radius 3 is 3.05 bits per heavy atom. The molecule has 1 aliphatic rings. The summed E-state index contributed by atoms with van der Waals surface area (Å²) in [5.74, 6) is 0.800.